The maximum Gasteiger partial charge on any atom is 0.371 e. The summed E-state index contributed by atoms with van der Waals surface area (Å²) >= 11 is 0. The van der Waals surface area contributed by atoms with E-state index in [1.807, 2.05) is 0 Å². The van der Waals surface area contributed by atoms with Gasteiger partial charge in [-0.3, -0.25) is 0 Å². The van der Waals surface area contributed by atoms with Crippen molar-refractivity contribution in [2.24, 2.45) is 0 Å². The molecule has 0 aliphatic rings. The van der Waals surface area contributed by atoms with Gasteiger partial charge in [0, 0.05) is 0 Å². The van der Waals surface area contributed by atoms with Crippen LogP contribution in [0.3, 0.4) is 0 Å². The number of carboxylic acid groups (broad SMARTS) is 1. The summed E-state index contributed by atoms with van der Waals surface area (Å²) < 4.78 is 42.2. The Morgan fingerprint density at radius 2 is 1.89 bits per heavy atom. The van der Waals surface area contributed by atoms with Gasteiger partial charge in [-0.05, 0) is 24.3 Å². The van der Waals surface area contributed by atoms with Crippen molar-refractivity contribution in [3.8, 4) is 0 Å². The second kappa shape index (κ2) is 4.85. The van der Waals surface area contributed by atoms with Crippen LogP contribution >= 0.6 is 0 Å². The molecule has 19 heavy (non-hydrogen) atoms. The Bertz CT molecular complexity index is 717. The van der Waals surface area contributed by atoms with E-state index in [1.54, 1.807) is 0 Å². The van der Waals surface area contributed by atoms with Gasteiger partial charge in [0.2, 0.25) is 5.76 Å². The number of benzene rings is 1. The van der Waals surface area contributed by atoms with Crippen molar-refractivity contribution < 1.29 is 27.1 Å². The maximum absolute atomic E-state index is 13.4. The number of sulfone groups is 1. The number of aromatic carboxylic acids is 1. The lowest BCUT2D eigenvalue weighted by Crippen LogP contribution is -2.06. The molecule has 0 bridgehead atoms. The number of hydrogen-bond acceptors (Lipinski definition) is 4. The largest absolute Gasteiger partial charge is 0.475 e. The molecule has 1 N–H and O–H groups in total. The molecule has 1 heterocycles. The van der Waals surface area contributed by atoms with Crippen LogP contribution in [0.25, 0.3) is 0 Å². The van der Waals surface area contributed by atoms with Crippen molar-refractivity contribution >= 4 is 15.8 Å². The van der Waals surface area contributed by atoms with Gasteiger partial charge in [-0.15, -0.1) is 0 Å². The average molecular weight is 284 g/mol. The Morgan fingerprint density at radius 1 is 1.21 bits per heavy atom. The third kappa shape index (κ3) is 2.82. The van der Waals surface area contributed by atoms with Gasteiger partial charge in [0.1, 0.15) is 22.2 Å². The van der Waals surface area contributed by atoms with Crippen LogP contribution < -0.4 is 0 Å². The number of hydrogen-bond donors (Lipinski definition) is 1. The summed E-state index contributed by atoms with van der Waals surface area (Å²) in [4.78, 5) is 10.2. The van der Waals surface area contributed by atoms with E-state index in [9.17, 15) is 17.6 Å². The fourth-order valence-corrected chi connectivity index (χ4v) is 2.87. The lowest BCUT2D eigenvalue weighted by molar-refractivity contribution is 0.0660. The standard InChI is InChI=1S/C12H9FO5S/c13-9-3-1-2-4-11(9)19(16,17)7-8-5-6-10(18-8)12(14)15/h1-6H,7H2,(H,14,15). The number of carbonyl (C=O) groups is 1. The van der Waals surface area contributed by atoms with Crippen LogP contribution in [0.2, 0.25) is 0 Å². The number of rotatable bonds is 4. The van der Waals surface area contributed by atoms with Crippen LogP contribution in [0.5, 0.6) is 0 Å². The van der Waals surface area contributed by atoms with Gasteiger partial charge in [0.25, 0.3) is 0 Å². The number of halogens is 1. The molecule has 0 aliphatic carbocycles. The van der Waals surface area contributed by atoms with Crippen LogP contribution in [0.4, 0.5) is 4.39 Å². The Kier molecular flexibility index (Phi) is 3.39. The molecule has 1 aromatic heterocycles. The first kappa shape index (κ1) is 13.3. The zero-order valence-electron chi connectivity index (χ0n) is 9.54. The average Bonchev–Trinajstić information content (AvgIpc) is 2.77. The SMILES string of the molecule is O=C(O)c1ccc(CS(=O)(=O)c2ccccc2F)o1. The Balaban J connectivity index is 2.31. The van der Waals surface area contributed by atoms with E-state index in [4.69, 9.17) is 9.52 Å². The molecule has 7 heteroatoms. The van der Waals surface area contributed by atoms with Crippen LogP contribution in [-0.2, 0) is 15.6 Å². The second-order valence-corrected chi connectivity index (χ2v) is 5.72. The van der Waals surface area contributed by atoms with Crippen molar-refractivity contribution in [3.05, 3.63) is 53.7 Å². The highest BCUT2D eigenvalue weighted by molar-refractivity contribution is 7.90. The molecule has 0 aliphatic heterocycles. The molecular weight excluding hydrogens is 275 g/mol. The van der Waals surface area contributed by atoms with Gasteiger partial charge in [0.05, 0.1) is 0 Å². The third-order valence-electron chi connectivity index (χ3n) is 2.38. The minimum Gasteiger partial charge on any atom is -0.475 e. The molecule has 0 saturated heterocycles. The third-order valence-corrected chi connectivity index (χ3v) is 4.04. The fourth-order valence-electron chi connectivity index (χ4n) is 1.53. The fraction of sp³-hybridized carbons (Fsp3) is 0.0833. The summed E-state index contributed by atoms with van der Waals surface area (Å²) in [5, 5.41) is 8.65. The predicted octanol–water partition coefficient (Wildman–Crippen LogP) is 2.09. The first-order chi connectivity index (χ1) is 8.90. The highest BCUT2D eigenvalue weighted by Gasteiger charge is 2.21. The van der Waals surface area contributed by atoms with Gasteiger partial charge in [-0.1, -0.05) is 12.1 Å². The van der Waals surface area contributed by atoms with Crippen molar-refractivity contribution in [3.63, 3.8) is 0 Å². The highest BCUT2D eigenvalue weighted by Crippen LogP contribution is 2.20. The van der Waals surface area contributed by atoms with E-state index in [1.165, 1.54) is 18.2 Å². The van der Waals surface area contributed by atoms with Crippen molar-refractivity contribution in [1.82, 2.24) is 0 Å². The lowest BCUT2D eigenvalue weighted by Gasteiger charge is -2.03. The lowest BCUT2D eigenvalue weighted by atomic mass is 10.3. The number of furan rings is 1. The molecule has 0 atom stereocenters. The predicted molar refractivity (Wildman–Crippen MR) is 63.0 cm³/mol. The number of carboxylic acids is 1. The monoisotopic (exact) mass is 284 g/mol. The van der Waals surface area contributed by atoms with Gasteiger partial charge in [-0.2, -0.15) is 0 Å². The zero-order valence-corrected chi connectivity index (χ0v) is 10.4. The van der Waals surface area contributed by atoms with Crippen molar-refractivity contribution in [1.29, 1.82) is 0 Å². The Morgan fingerprint density at radius 3 is 2.47 bits per heavy atom. The minimum absolute atomic E-state index is 0.0550. The molecule has 0 fully saturated rings. The molecule has 2 rings (SSSR count). The molecule has 100 valence electrons. The van der Waals surface area contributed by atoms with Gasteiger partial charge in [0.15, 0.2) is 9.84 Å². The van der Waals surface area contributed by atoms with E-state index >= 15 is 0 Å². The molecule has 0 amide bonds. The zero-order chi connectivity index (χ0) is 14.0. The molecular formula is C12H9FO5S. The van der Waals surface area contributed by atoms with Crippen molar-refractivity contribution in [2.45, 2.75) is 10.6 Å². The maximum atomic E-state index is 13.4. The van der Waals surface area contributed by atoms with Crippen LogP contribution in [0, 0.1) is 5.82 Å². The van der Waals surface area contributed by atoms with Crippen LogP contribution in [0.1, 0.15) is 16.3 Å². The summed E-state index contributed by atoms with van der Waals surface area (Å²) in [6, 6.07) is 7.35. The van der Waals surface area contributed by atoms with E-state index in [0.717, 1.165) is 18.2 Å². The smallest absolute Gasteiger partial charge is 0.371 e. The first-order valence-corrected chi connectivity index (χ1v) is 6.84. The summed E-state index contributed by atoms with van der Waals surface area (Å²) in [5.74, 6) is -3.16. The van der Waals surface area contributed by atoms with Gasteiger partial charge < -0.3 is 9.52 Å². The van der Waals surface area contributed by atoms with E-state index in [2.05, 4.69) is 0 Å². The minimum atomic E-state index is -3.92. The molecule has 0 saturated carbocycles. The summed E-state index contributed by atoms with van der Waals surface area (Å²) in [6.07, 6.45) is 0. The molecule has 0 spiro atoms. The van der Waals surface area contributed by atoms with E-state index < -0.39 is 32.3 Å². The van der Waals surface area contributed by atoms with Crippen LogP contribution in [0.15, 0.2) is 45.7 Å². The van der Waals surface area contributed by atoms with Crippen LogP contribution in [-0.4, -0.2) is 19.5 Å². The Hall–Kier alpha value is -2.15. The molecule has 0 unspecified atom stereocenters. The molecule has 2 aromatic rings. The molecule has 1 aromatic carbocycles. The van der Waals surface area contributed by atoms with Gasteiger partial charge >= 0.3 is 5.97 Å². The first-order valence-electron chi connectivity index (χ1n) is 5.19. The second-order valence-electron chi connectivity index (χ2n) is 3.76. The van der Waals surface area contributed by atoms with Gasteiger partial charge in [-0.25, -0.2) is 17.6 Å². The van der Waals surface area contributed by atoms with E-state index in [-0.39, 0.29) is 11.5 Å². The molecule has 5 nitrogen and oxygen atoms in total. The summed E-state index contributed by atoms with van der Waals surface area (Å²) in [7, 11) is -3.92. The summed E-state index contributed by atoms with van der Waals surface area (Å²) in [5.41, 5.74) is 0. The Labute approximate surface area is 108 Å². The van der Waals surface area contributed by atoms with E-state index in [0.29, 0.717) is 0 Å². The highest BCUT2D eigenvalue weighted by atomic mass is 32.2. The van der Waals surface area contributed by atoms with Crippen molar-refractivity contribution in [2.75, 3.05) is 0 Å². The topological polar surface area (TPSA) is 84.6 Å². The quantitative estimate of drug-likeness (QED) is 0.929. The summed E-state index contributed by atoms with van der Waals surface area (Å²) in [6.45, 7) is 0. The normalized spacial score (nSPS) is 11.4. The molecule has 0 radical (unpaired) electrons.